The number of aromatic hydroxyl groups is 1. The maximum absolute atomic E-state index is 9.84. The van der Waals surface area contributed by atoms with Crippen molar-refractivity contribution in [2.45, 2.75) is 6.54 Å². The van der Waals surface area contributed by atoms with Gasteiger partial charge < -0.3 is 5.11 Å². The van der Waals surface area contributed by atoms with Gasteiger partial charge in [0.15, 0.2) is 0 Å². The molecule has 1 aliphatic heterocycles. The third-order valence-electron chi connectivity index (χ3n) is 4.02. The molecule has 2 aromatic rings. The molecule has 1 N–H and O–H groups in total. The predicted octanol–water partition coefficient (Wildman–Crippen LogP) is 3.96. The lowest BCUT2D eigenvalue weighted by molar-refractivity contribution is 0.131. The highest BCUT2D eigenvalue weighted by molar-refractivity contribution is 9.10. The van der Waals surface area contributed by atoms with Crippen molar-refractivity contribution in [1.82, 2.24) is 9.91 Å². The number of piperazine rings is 1. The van der Waals surface area contributed by atoms with Gasteiger partial charge in [-0.25, -0.2) is 0 Å². The van der Waals surface area contributed by atoms with Crippen LogP contribution < -0.4 is 0 Å². The number of phenolic OH excluding ortho intramolecular Hbond substituents is 1. The Morgan fingerprint density at radius 1 is 1.08 bits per heavy atom. The first-order chi connectivity index (χ1) is 11.6. The van der Waals surface area contributed by atoms with Gasteiger partial charge in [0.25, 0.3) is 0 Å². The summed E-state index contributed by atoms with van der Waals surface area (Å²) in [4.78, 5) is 2.41. The fourth-order valence-corrected chi connectivity index (χ4v) is 3.14. The lowest BCUT2D eigenvalue weighted by atomic mass is 10.2. The average molecular weight is 409 g/mol. The van der Waals surface area contributed by atoms with E-state index in [4.69, 9.17) is 11.6 Å². The lowest BCUT2D eigenvalue weighted by Crippen LogP contribution is -2.43. The topological polar surface area (TPSA) is 39.1 Å². The Morgan fingerprint density at radius 2 is 1.79 bits per heavy atom. The second kappa shape index (κ2) is 8.01. The Labute approximate surface area is 155 Å². The number of phenols is 1. The van der Waals surface area contributed by atoms with Gasteiger partial charge in [-0.3, -0.25) is 9.91 Å². The molecule has 0 atom stereocenters. The summed E-state index contributed by atoms with van der Waals surface area (Å²) >= 11 is 9.33. The Kier molecular flexibility index (Phi) is 5.76. The van der Waals surface area contributed by atoms with Gasteiger partial charge in [-0.1, -0.05) is 39.7 Å². The number of hydrogen-bond acceptors (Lipinski definition) is 4. The van der Waals surface area contributed by atoms with E-state index in [-0.39, 0.29) is 5.75 Å². The molecule has 4 nitrogen and oxygen atoms in total. The normalized spacial score (nSPS) is 16.0. The molecule has 0 spiro atoms. The molecule has 24 heavy (non-hydrogen) atoms. The summed E-state index contributed by atoms with van der Waals surface area (Å²) in [5.41, 5.74) is 1.99. The largest absolute Gasteiger partial charge is 0.507 e. The third kappa shape index (κ3) is 4.72. The summed E-state index contributed by atoms with van der Waals surface area (Å²) in [5.74, 6) is 0.239. The maximum atomic E-state index is 9.84. The molecule has 0 radical (unpaired) electrons. The van der Waals surface area contributed by atoms with Crippen molar-refractivity contribution in [2.75, 3.05) is 26.2 Å². The predicted molar refractivity (Wildman–Crippen MR) is 102 cm³/mol. The first kappa shape index (κ1) is 17.3. The smallest absolute Gasteiger partial charge is 0.124 e. The van der Waals surface area contributed by atoms with Crippen molar-refractivity contribution in [3.05, 3.63) is 63.1 Å². The Morgan fingerprint density at radius 3 is 2.50 bits per heavy atom. The minimum atomic E-state index is 0.239. The van der Waals surface area contributed by atoms with Crippen LogP contribution in [0.4, 0.5) is 0 Å². The van der Waals surface area contributed by atoms with Gasteiger partial charge in [-0.05, 0) is 35.9 Å². The molecule has 1 fully saturated rings. The number of halogens is 2. The maximum Gasteiger partial charge on any atom is 0.124 e. The molecule has 3 rings (SSSR count). The molecule has 0 aromatic heterocycles. The van der Waals surface area contributed by atoms with Crippen LogP contribution in [-0.2, 0) is 6.54 Å². The van der Waals surface area contributed by atoms with Gasteiger partial charge in [0.1, 0.15) is 5.75 Å². The van der Waals surface area contributed by atoms with Gasteiger partial charge in [0.05, 0.1) is 6.21 Å². The highest BCUT2D eigenvalue weighted by Crippen LogP contribution is 2.20. The number of nitrogens with zero attached hydrogens (tertiary/aromatic N) is 3. The molecule has 126 valence electrons. The quantitative estimate of drug-likeness (QED) is 0.778. The first-order valence-corrected chi connectivity index (χ1v) is 9.01. The summed E-state index contributed by atoms with van der Waals surface area (Å²) in [6.07, 6.45) is 1.72. The molecule has 2 aromatic carbocycles. The van der Waals surface area contributed by atoms with Crippen LogP contribution in [0.5, 0.6) is 5.75 Å². The molecule has 1 saturated heterocycles. The van der Waals surface area contributed by atoms with Crippen molar-refractivity contribution in [3.8, 4) is 5.75 Å². The van der Waals surface area contributed by atoms with Crippen LogP contribution in [0.3, 0.4) is 0 Å². The van der Waals surface area contributed by atoms with E-state index >= 15 is 0 Å². The fraction of sp³-hybridized carbons (Fsp3) is 0.278. The zero-order valence-corrected chi connectivity index (χ0v) is 15.5. The van der Waals surface area contributed by atoms with Crippen LogP contribution in [0.15, 0.2) is 52.0 Å². The van der Waals surface area contributed by atoms with Crippen LogP contribution in [-0.4, -0.2) is 47.4 Å². The summed E-state index contributed by atoms with van der Waals surface area (Å²) in [7, 11) is 0. The number of benzene rings is 2. The van der Waals surface area contributed by atoms with E-state index in [9.17, 15) is 5.11 Å². The molecular weight excluding hydrogens is 390 g/mol. The van der Waals surface area contributed by atoms with E-state index in [1.54, 1.807) is 12.3 Å². The van der Waals surface area contributed by atoms with E-state index < -0.39 is 0 Å². The molecule has 0 amide bonds. The second-order valence-corrected chi connectivity index (χ2v) is 7.16. The molecule has 6 heteroatoms. The van der Waals surface area contributed by atoms with Gasteiger partial charge >= 0.3 is 0 Å². The summed E-state index contributed by atoms with van der Waals surface area (Å²) < 4.78 is 0.925. The van der Waals surface area contributed by atoms with Crippen LogP contribution >= 0.6 is 27.5 Å². The molecule has 1 heterocycles. The van der Waals surface area contributed by atoms with Gasteiger partial charge in [0, 0.05) is 47.8 Å². The van der Waals surface area contributed by atoms with E-state index in [0.29, 0.717) is 5.56 Å². The Balaban J connectivity index is 1.52. The first-order valence-electron chi connectivity index (χ1n) is 7.84. The van der Waals surface area contributed by atoms with Gasteiger partial charge in [-0.2, -0.15) is 5.10 Å². The molecule has 1 aliphatic rings. The van der Waals surface area contributed by atoms with Gasteiger partial charge in [0.2, 0.25) is 0 Å². The van der Waals surface area contributed by atoms with Crippen molar-refractivity contribution < 1.29 is 5.11 Å². The molecule has 0 saturated carbocycles. The zero-order chi connectivity index (χ0) is 16.9. The van der Waals surface area contributed by atoms with Crippen LogP contribution in [0, 0.1) is 0 Å². The van der Waals surface area contributed by atoms with Gasteiger partial charge in [-0.15, -0.1) is 0 Å². The van der Waals surface area contributed by atoms with Crippen LogP contribution in [0.1, 0.15) is 11.1 Å². The summed E-state index contributed by atoms with van der Waals surface area (Å²) in [6, 6.07) is 13.3. The van der Waals surface area contributed by atoms with Crippen LogP contribution in [0.2, 0.25) is 5.02 Å². The number of hydrazone groups is 1. The second-order valence-electron chi connectivity index (χ2n) is 5.80. The molecule has 0 unspecified atom stereocenters. The van der Waals surface area contributed by atoms with E-state index in [0.717, 1.165) is 42.2 Å². The summed E-state index contributed by atoms with van der Waals surface area (Å²) in [6.45, 7) is 4.60. The van der Waals surface area contributed by atoms with Crippen LogP contribution in [0.25, 0.3) is 0 Å². The number of hydrogen-bond donors (Lipinski definition) is 1. The van der Waals surface area contributed by atoms with Crippen molar-refractivity contribution in [2.24, 2.45) is 5.10 Å². The number of rotatable bonds is 4. The van der Waals surface area contributed by atoms with Crippen molar-refractivity contribution in [3.63, 3.8) is 0 Å². The highest BCUT2D eigenvalue weighted by Gasteiger charge is 2.15. The molecular formula is C18H19BrClN3O. The van der Waals surface area contributed by atoms with Crippen molar-refractivity contribution >= 4 is 33.7 Å². The minimum absolute atomic E-state index is 0.239. The Hall–Kier alpha value is -1.56. The van der Waals surface area contributed by atoms with Crippen molar-refractivity contribution in [1.29, 1.82) is 0 Å². The van der Waals surface area contributed by atoms with E-state index in [2.05, 4.69) is 38.1 Å². The standard InChI is InChI=1S/C18H19BrClN3O/c19-16-3-6-18(24)15(11-16)12-21-23-9-7-22(8-10-23)13-14-1-4-17(20)5-2-14/h1-6,11-12,24H,7-10,13H2/b21-12-. The monoisotopic (exact) mass is 407 g/mol. The molecule has 0 bridgehead atoms. The zero-order valence-electron chi connectivity index (χ0n) is 13.2. The molecule has 0 aliphatic carbocycles. The SMILES string of the molecule is Oc1ccc(Br)cc1/C=N\N1CCN(Cc2ccc(Cl)cc2)CC1. The lowest BCUT2D eigenvalue weighted by Gasteiger charge is -2.33. The van der Waals surface area contributed by atoms with E-state index in [1.807, 2.05) is 29.3 Å². The fourth-order valence-electron chi connectivity index (χ4n) is 2.63. The summed E-state index contributed by atoms with van der Waals surface area (Å²) in [5, 5.41) is 17.1. The highest BCUT2D eigenvalue weighted by atomic mass is 79.9. The minimum Gasteiger partial charge on any atom is -0.507 e. The van der Waals surface area contributed by atoms with E-state index in [1.165, 1.54) is 5.56 Å². The Bertz CT molecular complexity index is 713. The average Bonchev–Trinajstić information content (AvgIpc) is 2.59. The third-order valence-corrected chi connectivity index (χ3v) is 4.76.